The van der Waals surface area contributed by atoms with Gasteiger partial charge in [0.2, 0.25) is 17.6 Å². The van der Waals surface area contributed by atoms with Crippen LogP contribution in [0.3, 0.4) is 0 Å². The summed E-state index contributed by atoms with van der Waals surface area (Å²) in [6, 6.07) is 11.9. The quantitative estimate of drug-likeness (QED) is 0.569. The Morgan fingerprint density at radius 2 is 1.77 bits per heavy atom. The summed E-state index contributed by atoms with van der Waals surface area (Å²) >= 11 is 0. The molecule has 0 radical (unpaired) electrons. The van der Waals surface area contributed by atoms with Gasteiger partial charge in [-0.1, -0.05) is 17.3 Å². The number of carbonyl (C=O) groups excluding carboxylic acids is 1. The van der Waals surface area contributed by atoms with Crippen LogP contribution in [0, 0.1) is 0 Å². The van der Waals surface area contributed by atoms with Crippen molar-refractivity contribution in [3.05, 3.63) is 65.5 Å². The zero-order valence-electron chi connectivity index (χ0n) is 16.4. The third kappa shape index (κ3) is 5.37. The molecule has 0 aliphatic carbocycles. The molecule has 0 bridgehead atoms. The number of benzene rings is 2. The molecule has 0 aliphatic rings. The molecule has 0 saturated carbocycles. The number of methoxy groups -OCH3 is 1. The van der Waals surface area contributed by atoms with E-state index in [-0.39, 0.29) is 25.3 Å². The normalized spacial score (nSPS) is 11.4. The third-order valence-electron chi connectivity index (χ3n) is 4.50. The van der Waals surface area contributed by atoms with E-state index >= 15 is 0 Å². The van der Waals surface area contributed by atoms with E-state index in [1.54, 1.807) is 38.4 Å². The predicted molar refractivity (Wildman–Crippen MR) is 103 cm³/mol. The molecule has 3 aromatic rings. The maximum Gasteiger partial charge on any atom is 0.416 e. The first-order chi connectivity index (χ1) is 14.3. The molecule has 0 spiro atoms. The van der Waals surface area contributed by atoms with Crippen molar-refractivity contribution in [3.63, 3.8) is 0 Å². The largest absolute Gasteiger partial charge is 0.497 e. The van der Waals surface area contributed by atoms with E-state index in [0.29, 0.717) is 23.0 Å². The molecule has 158 valence electrons. The summed E-state index contributed by atoms with van der Waals surface area (Å²) in [5, 5.41) is 3.92. The topological polar surface area (TPSA) is 68.5 Å². The lowest BCUT2D eigenvalue weighted by Crippen LogP contribution is -2.26. The number of alkyl halides is 3. The SMILES string of the molecule is COc1ccc(-c2noc(CCC(=O)N(C)Cc3ccc(C(F)(F)F)cc3)n2)cc1. The van der Waals surface area contributed by atoms with E-state index in [1.807, 2.05) is 0 Å². The fourth-order valence-electron chi connectivity index (χ4n) is 2.78. The number of hydrogen-bond donors (Lipinski definition) is 0. The van der Waals surface area contributed by atoms with Crippen LogP contribution in [0.4, 0.5) is 13.2 Å². The summed E-state index contributed by atoms with van der Waals surface area (Å²) in [7, 11) is 3.17. The standard InChI is InChI=1S/C21H20F3N3O3/c1-27(13-14-3-7-16(8-4-14)21(22,23)24)19(28)12-11-18-25-20(26-30-18)15-5-9-17(29-2)10-6-15/h3-10H,11-13H2,1-2H3. The molecule has 1 amide bonds. The Bertz CT molecular complexity index is 983. The maximum atomic E-state index is 12.6. The summed E-state index contributed by atoms with van der Waals surface area (Å²) in [5.74, 6) is 1.28. The lowest BCUT2D eigenvalue weighted by atomic mass is 10.1. The third-order valence-corrected chi connectivity index (χ3v) is 4.50. The van der Waals surface area contributed by atoms with Gasteiger partial charge in [-0.25, -0.2) is 0 Å². The summed E-state index contributed by atoms with van der Waals surface area (Å²) < 4.78 is 48.2. The van der Waals surface area contributed by atoms with Crippen LogP contribution < -0.4 is 4.74 Å². The Morgan fingerprint density at radius 1 is 1.10 bits per heavy atom. The van der Waals surface area contributed by atoms with Crippen LogP contribution >= 0.6 is 0 Å². The zero-order valence-corrected chi connectivity index (χ0v) is 16.4. The van der Waals surface area contributed by atoms with E-state index in [0.717, 1.165) is 17.7 Å². The summed E-state index contributed by atoms with van der Waals surface area (Å²) in [6.07, 6.45) is -3.98. The van der Waals surface area contributed by atoms with Gasteiger partial charge in [0.25, 0.3) is 0 Å². The summed E-state index contributed by atoms with van der Waals surface area (Å²) in [4.78, 5) is 18.1. The lowest BCUT2D eigenvalue weighted by Gasteiger charge is -2.17. The Labute approximate surface area is 171 Å². The number of aromatic nitrogens is 2. The van der Waals surface area contributed by atoms with Crippen LogP contribution in [-0.2, 0) is 23.9 Å². The molecule has 0 N–H and O–H groups in total. The molecule has 30 heavy (non-hydrogen) atoms. The zero-order chi connectivity index (χ0) is 21.7. The Morgan fingerprint density at radius 3 is 2.37 bits per heavy atom. The van der Waals surface area contributed by atoms with E-state index in [1.165, 1.54) is 17.0 Å². The Hall–Kier alpha value is -3.36. The molecule has 0 unspecified atom stereocenters. The van der Waals surface area contributed by atoms with Crippen molar-refractivity contribution in [3.8, 4) is 17.1 Å². The minimum absolute atomic E-state index is 0.140. The predicted octanol–water partition coefficient (Wildman–Crippen LogP) is 4.36. The molecule has 0 atom stereocenters. The monoisotopic (exact) mass is 419 g/mol. The number of carbonyl (C=O) groups is 1. The molecule has 9 heteroatoms. The van der Waals surface area contributed by atoms with Crippen molar-refractivity contribution in [1.82, 2.24) is 15.0 Å². The summed E-state index contributed by atoms with van der Waals surface area (Å²) in [5.41, 5.74) is 0.652. The summed E-state index contributed by atoms with van der Waals surface area (Å²) in [6.45, 7) is 0.206. The van der Waals surface area contributed by atoms with Gasteiger partial charge in [0, 0.05) is 32.0 Å². The van der Waals surface area contributed by atoms with Gasteiger partial charge in [-0.05, 0) is 42.0 Å². The van der Waals surface area contributed by atoms with Crippen LogP contribution in [0.1, 0.15) is 23.4 Å². The molecule has 2 aromatic carbocycles. The first-order valence-corrected chi connectivity index (χ1v) is 9.13. The first kappa shape index (κ1) is 21.4. The highest BCUT2D eigenvalue weighted by Crippen LogP contribution is 2.29. The van der Waals surface area contributed by atoms with Crippen LogP contribution in [0.5, 0.6) is 5.75 Å². The number of ether oxygens (including phenoxy) is 1. The molecule has 3 rings (SSSR count). The van der Waals surface area contributed by atoms with Crippen LogP contribution in [0.2, 0.25) is 0 Å². The van der Waals surface area contributed by atoms with Crippen molar-refractivity contribution < 1.29 is 27.2 Å². The van der Waals surface area contributed by atoms with E-state index in [4.69, 9.17) is 9.26 Å². The van der Waals surface area contributed by atoms with Crippen molar-refractivity contribution in [1.29, 1.82) is 0 Å². The van der Waals surface area contributed by atoms with Crippen molar-refractivity contribution in [2.24, 2.45) is 0 Å². The Balaban J connectivity index is 1.53. The van der Waals surface area contributed by atoms with Gasteiger partial charge in [0.1, 0.15) is 5.75 Å². The average Bonchev–Trinajstić information content (AvgIpc) is 3.21. The fourth-order valence-corrected chi connectivity index (χ4v) is 2.78. The van der Waals surface area contributed by atoms with Crippen molar-refractivity contribution >= 4 is 5.91 Å². The van der Waals surface area contributed by atoms with Crippen LogP contribution in [0.15, 0.2) is 53.1 Å². The second-order valence-electron chi connectivity index (χ2n) is 6.68. The molecule has 0 saturated heterocycles. The van der Waals surface area contributed by atoms with E-state index in [9.17, 15) is 18.0 Å². The van der Waals surface area contributed by atoms with Crippen LogP contribution in [-0.4, -0.2) is 35.1 Å². The lowest BCUT2D eigenvalue weighted by molar-refractivity contribution is -0.137. The molecular formula is C21H20F3N3O3. The van der Waals surface area contributed by atoms with Gasteiger partial charge in [0.15, 0.2) is 0 Å². The number of hydrogen-bond acceptors (Lipinski definition) is 5. The van der Waals surface area contributed by atoms with Crippen molar-refractivity contribution in [2.45, 2.75) is 25.6 Å². The fraction of sp³-hybridized carbons (Fsp3) is 0.286. The molecule has 0 aliphatic heterocycles. The van der Waals surface area contributed by atoms with Gasteiger partial charge >= 0.3 is 6.18 Å². The van der Waals surface area contributed by atoms with Gasteiger partial charge in [0.05, 0.1) is 12.7 Å². The van der Waals surface area contributed by atoms with E-state index in [2.05, 4.69) is 10.1 Å². The molecule has 1 heterocycles. The molecular weight excluding hydrogens is 399 g/mol. The molecule has 1 aromatic heterocycles. The van der Waals surface area contributed by atoms with Gasteiger partial charge in [-0.2, -0.15) is 18.2 Å². The van der Waals surface area contributed by atoms with E-state index < -0.39 is 11.7 Å². The number of nitrogens with zero attached hydrogens (tertiary/aromatic N) is 3. The first-order valence-electron chi connectivity index (χ1n) is 9.13. The van der Waals surface area contributed by atoms with Gasteiger partial charge in [-0.3, -0.25) is 4.79 Å². The maximum absolute atomic E-state index is 12.6. The minimum atomic E-state index is -4.38. The van der Waals surface area contributed by atoms with Crippen LogP contribution in [0.25, 0.3) is 11.4 Å². The number of halogens is 3. The number of amides is 1. The Kier molecular flexibility index (Phi) is 6.39. The highest BCUT2D eigenvalue weighted by molar-refractivity contribution is 5.76. The van der Waals surface area contributed by atoms with Crippen molar-refractivity contribution in [2.75, 3.05) is 14.2 Å². The second-order valence-corrected chi connectivity index (χ2v) is 6.68. The smallest absolute Gasteiger partial charge is 0.416 e. The highest BCUT2D eigenvalue weighted by atomic mass is 19.4. The highest BCUT2D eigenvalue weighted by Gasteiger charge is 2.30. The van der Waals surface area contributed by atoms with Gasteiger partial charge < -0.3 is 14.2 Å². The molecule has 0 fully saturated rings. The number of rotatable bonds is 7. The minimum Gasteiger partial charge on any atom is -0.497 e. The average molecular weight is 419 g/mol. The molecule has 6 nitrogen and oxygen atoms in total. The van der Waals surface area contributed by atoms with Gasteiger partial charge in [-0.15, -0.1) is 0 Å². The second kappa shape index (κ2) is 8.98. The number of aryl methyl sites for hydroxylation is 1.